The lowest BCUT2D eigenvalue weighted by Gasteiger charge is -2.22. The standard InChI is InChI=1S/C28H28N6O/c1-3-19-14-29-24(31-19)15-30-28(35)18-10-8-17(9-11-18)27-21-7-5-4-6-20(21)26-22(32-27)12-13-23-25(26)16(2)33-34-23/h8-14H,3-7,15H2,1-2H3,(H,29,31)(H,30,35)(H,33,34). The molecule has 3 heterocycles. The molecule has 1 aliphatic rings. The van der Waals surface area contributed by atoms with Gasteiger partial charge in [-0.25, -0.2) is 9.97 Å². The number of amides is 1. The molecule has 0 fully saturated rings. The van der Waals surface area contributed by atoms with Crippen LogP contribution in [-0.4, -0.2) is 31.1 Å². The largest absolute Gasteiger partial charge is 0.347 e. The van der Waals surface area contributed by atoms with E-state index in [0.717, 1.165) is 58.8 Å². The zero-order chi connectivity index (χ0) is 23.9. The molecule has 0 atom stereocenters. The van der Waals surface area contributed by atoms with Crippen LogP contribution in [-0.2, 0) is 25.8 Å². The monoisotopic (exact) mass is 464 g/mol. The molecule has 0 saturated heterocycles. The van der Waals surface area contributed by atoms with Crippen molar-refractivity contribution in [2.24, 2.45) is 0 Å². The number of H-pyrrole nitrogens is 2. The third kappa shape index (κ3) is 3.77. The lowest BCUT2D eigenvalue weighted by Crippen LogP contribution is -2.23. The summed E-state index contributed by atoms with van der Waals surface area (Å²) < 4.78 is 0. The summed E-state index contributed by atoms with van der Waals surface area (Å²) in [5, 5.41) is 13.0. The first-order chi connectivity index (χ1) is 17.1. The Bertz CT molecular complexity index is 1560. The minimum Gasteiger partial charge on any atom is -0.347 e. The van der Waals surface area contributed by atoms with Gasteiger partial charge in [0.1, 0.15) is 5.82 Å². The average Bonchev–Trinajstić information content (AvgIpc) is 3.53. The number of carbonyl (C=O) groups excluding carboxylic acids is 1. The number of nitrogens with one attached hydrogen (secondary N) is 3. The number of benzene rings is 2. The number of carbonyl (C=O) groups is 1. The van der Waals surface area contributed by atoms with E-state index in [1.165, 1.54) is 34.7 Å². The molecule has 0 saturated carbocycles. The van der Waals surface area contributed by atoms with Crippen LogP contribution in [0.1, 0.15) is 58.5 Å². The van der Waals surface area contributed by atoms with Crippen molar-refractivity contribution in [2.75, 3.05) is 0 Å². The first-order valence-electron chi connectivity index (χ1n) is 12.3. The van der Waals surface area contributed by atoms with Gasteiger partial charge >= 0.3 is 0 Å². The van der Waals surface area contributed by atoms with Gasteiger partial charge < -0.3 is 10.3 Å². The molecule has 6 rings (SSSR count). The molecule has 0 aliphatic heterocycles. The van der Waals surface area contributed by atoms with Crippen LogP contribution in [0.5, 0.6) is 0 Å². The number of aryl methyl sites for hydroxylation is 3. The summed E-state index contributed by atoms with van der Waals surface area (Å²) in [5.41, 5.74) is 9.51. The number of hydrogen-bond acceptors (Lipinski definition) is 4. The van der Waals surface area contributed by atoms with E-state index in [-0.39, 0.29) is 5.91 Å². The Morgan fingerprint density at radius 1 is 1.00 bits per heavy atom. The molecule has 1 aliphatic carbocycles. The van der Waals surface area contributed by atoms with Gasteiger partial charge in [-0.05, 0) is 74.4 Å². The Morgan fingerprint density at radius 2 is 1.80 bits per heavy atom. The molecule has 7 nitrogen and oxygen atoms in total. The SMILES string of the molecule is CCc1c[nH]c(CNC(=O)c2ccc(-c3nc4ccc5[nH]nc(C)c5c4c4c3CCCC4)cc2)n1. The number of pyridine rings is 1. The van der Waals surface area contributed by atoms with E-state index >= 15 is 0 Å². The fraction of sp³-hybridized carbons (Fsp3) is 0.286. The third-order valence-corrected chi connectivity index (χ3v) is 7.06. The van der Waals surface area contributed by atoms with Gasteiger partial charge in [-0.15, -0.1) is 0 Å². The van der Waals surface area contributed by atoms with Crippen LogP contribution in [0.15, 0.2) is 42.6 Å². The number of rotatable bonds is 5. The first kappa shape index (κ1) is 21.5. The van der Waals surface area contributed by atoms with Gasteiger partial charge in [0.15, 0.2) is 0 Å². The molecule has 176 valence electrons. The van der Waals surface area contributed by atoms with Crippen LogP contribution in [0.25, 0.3) is 33.1 Å². The van der Waals surface area contributed by atoms with Gasteiger partial charge in [-0.3, -0.25) is 9.89 Å². The lowest BCUT2D eigenvalue weighted by atomic mass is 9.85. The molecule has 1 amide bonds. The van der Waals surface area contributed by atoms with Crippen molar-refractivity contribution in [1.82, 2.24) is 30.5 Å². The van der Waals surface area contributed by atoms with E-state index in [1.807, 2.05) is 30.5 Å². The van der Waals surface area contributed by atoms with Gasteiger partial charge in [0, 0.05) is 28.1 Å². The van der Waals surface area contributed by atoms with Crippen LogP contribution in [0, 0.1) is 6.92 Å². The summed E-state index contributed by atoms with van der Waals surface area (Å²) in [6.45, 7) is 4.49. The third-order valence-electron chi connectivity index (χ3n) is 7.06. The van der Waals surface area contributed by atoms with E-state index in [0.29, 0.717) is 12.1 Å². The van der Waals surface area contributed by atoms with Crippen molar-refractivity contribution in [3.05, 3.63) is 76.5 Å². The second-order valence-electron chi connectivity index (χ2n) is 9.27. The molecular weight excluding hydrogens is 436 g/mol. The fourth-order valence-electron chi connectivity index (χ4n) is 5.25. The van der Waals surface area contributed by atoms with Gasteiger partial charge in [0.05, 0.1) is 34.7 Å². The normalized spacial score (nSPS) is 13.3. The molecule has 35 heavy (non-hydrogen) atoms. The highest BCUT2D eigenvalue weighted by Crippen LogP contribution is 2.38. The van der Waals surface area contributed by atoms with Crippen LogP contribution in [0.2, 0.25) is 0 Å². The summed E-state index contributed by atoms with van der Waals surface area (Å²) in [7, 11) is 0. The number of aromatic nitrogens is 5. The average molecular weight is 465 g/mol. The maximum absolute atomic E-state index is 12.7. The highest BCUT2D eigenvalue weighted by Gasteiger charge is 2.22. The number of hydrogen-bond donors (Lipinski definition) is 3. The van der Waals surface area contributed by atoms with Crippen LogP contribution < -0.4 is 5.32 Å². The predicted octanol–water partition coefficient (Wildman–Crippen LogP) is 5.18. The number of aromatic amines is 2. The molecule has 0 radical (unpaired) electrons. The number of nitrogens with zero attached hydrogens (tertiary/aromatic N) is 3. The summed E-state index contributed by atoms with van der Waals surface area (Å²) >= 11 is 0. The van der Waals surface area contributed by atoms with Crippen molar-refractivity contribution in [3.63, 3.8) is 0 Å². The molecule has 3 aromatic heterocycles. The summed E-state index contributed by atoms with van der Waals surface area (Å²) in [6.07, 6.45) is 7.18. The Hall–Kier alpha value is -4.00. The molecule has 7 heteroatoms. The van der Waals surface area contributed by atoms with Crippen LogP contribution in [0.3, 0.4) is 0 Å². The van der Waals surface area contributed by atoms with Crippen LogP contribution >= 0.6 is 0 Å². The Kier molecular flexibility index (Phi) is 5.32. The van der Waals surface area contributed by atoms with Gasteiger partial charge in [0.25, 0.3) is 5.91 Å². The topological polar surface area (TPSA) is 99.3 Å². The molecule has 0 unspecified atom stereocenters. The highest BCUT2D eigenvalue weighted by atomic mass is 16.1. The van der Waals surface area contributed by atoms with E-state index < -0.39 is 0 Å². The minimum absolute atomic E-state index is 0.114. The Balaban J connectivity index is 1.33. The van der Waals surface area contributed by atoms with Gasteiger partial charge in [-0.1, -0.05) is 19.1 Å². The second kappa shape index (κ2) is 8.65. The fourth-order valence-corrected chi connectivity index (χ4v) is 5.25. The first-order valence-corrected chi connectivity index (χ1v) is 12.3. The molecule has 3 N–H and O–H groups in total. The minimum atomic E-state index is -0.114. The van der Waals surface area contributed by atoms with Crippen molar-refractivity contribution < 1.29 is 4.79 Å². The zero-order valence-corrected chi connectivity index (χ0v) is 20.0. The van der Waals surface area contributed by atoms with Crippen molar-refractivity contribution in [3.8, 4) is 11.3 Å². The molecule has 5 aromatic rings. The molecule has 0 bridgehead atoms. The predicted molar refractivity (Wildman–Crippen MR) is 137 cm³/mol. The van der Waals surface area contributed by atoms with Crippen molar-refractivity contribution in [1.29, 1.82) is 0 Å². The van der Waals surface area contributed by atoms with Crippen molar-refractivity contribution >= 4 is 27.7 Å². The Morgan fingerprint density at radius 3 is 2.57 bits per heavy atom. The van der Waals surface area contributed by atoms with E-state index in [2.05, 4.69) is 51.5 Å². The lowest BCUT2D eigenvalue weighted by molar-refractivity contribution is 0.0950. The second-order valence-corrected chi connectivity index (χ2v) is 9.27. The smallest absolute Gasteiger partial charge is 0.251 e. The zero-order valence-electron chi connectivity index (χ0n) is 20.0. The Labute approximate surface area is 203 Å². The quantitative estimate of drug-likeness (QED) is 0.334. The van der Waals surface area contributed by atoms with Gasteiger partial charge in [0.2, 0.25) is 0 Å². The van der Waals surface area contributed by atoms with Gasteiger partial charge in [-0.2, -0.15) is 5.10 Å². The number of fused-ring (bicyclic) bond motifs is 5. The van der Waals surface area contributed by atoms with E-state index in [9.17, 15) is 4.79 Å². The summed E-state index contributed by atoms with van der Waals surface area (Å²) in [5.74, 6) is 0.651. The van der Waals surface area contributed by atoms with E-state index in [4.69, 9.17) is 4.98 Å². The summed E-state index contributed by atoms with van der Waals surface area (Å²) in [6, 6.07) is 12.0. The van der Waals surface area contributed by atoms with E-state index in [1.54, 1.807) is 0 Å². The highest BCUT2D eigenvalue weighted by molar-refractivity contribution is 6.09. The molecular formula is C28H28N6O. The summed E-state index contributed by atoms with van der Waals surface area (Å²) in [4.78, 5) is 25.4. The number of imidazole rings is 1. The maximum atomic E-state index is 12.7. The molecule has 0 spiro atoms. The maximum Gasteiger partial charge on any atom is 0.251 e. The van der Waals surface area contributed by atoms with Crippen LogP contribution in [0.4, 0.5) is 0 Å². The molecule has 2 aromatic carbocycles. The van der Waals surface area contributed by atoms with Crippen molar-refractivity contribution in [2.45, 2.75) is 52.5 Å².